The van der Waals surface area contributed by atoms with Crippen molar-refractivity contribution in [2.45, 2.75) is 30.7 Å². The van der Waals surface area contributed by atoms with Crippen LogP contribution in [0.25, 0.3) is 0 Å². The Morgan fingerprint density at radius 3 is 2.23 bits per heavy atom. The van der Waals surface area contributed by atoms with E-state index in [0.717, 1.165) is 31.4 Å². The molecule has 1 aliphatic rings. The zero-order valence-electron chi connectivity index (χ0n) is 13.4. The highest BCUT2D eigenvalue weighted by Crippen LogP contribution is 2.52. The predicted molar refractivity (Wildman–Crippen MR) is 79.2 cm³/mol. The summed E-state index contributed by atoms with van der Waals surface area (Å²) in [4.78, 5) is 34.3. The van der Waals surface area contributed by atoms with Gasteiger partial charge in [-0.1, -0.05) is 12.1 Å². The molecule has 1 aromatic rings. The summed E-state index contributed by atoms with van der Waals surface area (Å²) >= 11 is 0. The Morgan fingerprint density at radius 1 is 1.23 bits per heavy atom. The fourth-order valence-electron chi connectivity index (χ4n) is 2.16. The van der Waals surface area contributed by atoms with E-state index in [-0.39, 0.29) is 24.0 Å². The minimum atomic E-state index is -4.68. The number of nitrogens with zero attached hydrogens (tertiary/aromatic N) is 2. The summed E-state index contributed by atoms with van der Waals surface area (Å²) in [6.45, 7) is 0. The van der Waals surface area contributed by atoms with Gasteiger partial charge >= 0.3 is 23.8 Å². The third kappa shape index (κ3) is 3.98. The lowest BCUT2D eigenvalue weighted by atomic mass is 10.0. The van der Waals surface area contributed by atoms with E-state index < -0.39 is 35.7 Å². The van der Waals surface area contributed by atoms with Crippen molar-refractivity contribution >= 4 is 17.8 Å². The average Bonchev–Trinajstić information content (AvgIpc) is 3.39. The molecule has 1 amide bonds. The van der Waals surface area contributed by atoms with Crippen molar-refractivity contribution in [3.05, 3.63) is 35.4 Å². The lowest BCUT2D eigenvalue weighted by Crippen LogP contribution is -2.41. The number of rotatable bonds is 7. The number of hydrogen-bond donors (Lipinski definition) is 2. The smallest absolute Gasteiger partial charge is 0.442 e. The molecule has 11 heteroatoms. The summed E-state index contributed by atoms with van der Waals surface area (Å²) in [5.74, 6) is -2.80. The summed E-state index contributed by atoms with van der Waals surface area (Å²) in [5.41, 5.74) is -2.88. The SMILES string of the molecule is COC(=O)CC[C@H](NC(=O)c1ccc(C2(C(F)(F)F)N=N2)cc1)C(=O)O. The van der Waals surface area contributed by atoms with E-state index in [4.69, 9.17) is 5.11 Å². The number of nitrogens with one attached hydrogen (secondary N) is 1. The van der Waals surface area contributed by atoms with E-state index in [0.29, 0.717) is 0 Å². The molecule has 0 aromatic heterocycles. The van der Waals surface area contributed by atoms with Gasteiger partial charge in [-0.3, -0.25) is 9.59 Å². The minimum absolute atomic E-state index is 0.0453. The Kier molecular flexibility index (Phi) is 5.28. The Hall–Kier alpha value is -2.98. The van der Waals surface area contributed by atoms with Gasteiger partial charge in [-0.05, 0) is 18.6 Å². The second-order valence-corrected chi connectivity index (χ2v) is 5.43. The molecule has 0 fully saturated rings. The van der Waals surface area contributed by atoms with Gasteiger partial charge in [-0.2, -0.15) is 13.2 Å². The number of aliphatic carboxylic acids is 1. The Balaban J connectivity index is 2.05. The quantitative estimate of drug-likeness (QED) is 0.709. The number of amides is 1. The largest absolute Gasteiger partial charge is 0.480 e. The number of esters is 1. The van der Waals surface area contributed by atoms with Crippen molar-refractivity contribution < 1.29 is 37.4 Å². The highest BCUT2D eigenvalue weighted by molar-refractivity contribution is 5.96. The minimum Gasteiger partial charge on any atom is -0.480 e. The first-order valence-corrected chi connectivity index (χ1v) is 7.32. The number of carboxylic acids is 1. The lowest BCUT2D eigenvalue weighted by Gasteiger charge is -2.16. The Labute approximate surface area is 145 Å². The number of benzene rings is 1. The number of carboxylic acid groups (broad SMARTS) is 1. The maximum Gasteiger partial charge on any atom is 0.442 e. The van der Waals surface area contributed by atoms with Gasteiger partial charge in [0.15, 0.2) is 0 Å². The van der Waals surface area contributed by atoms with Gasteiger partial charge in [0.05, 0.1) is 7.11 Å². The van der Waals surface area contributed by atoms with Gasteiger partial charge in [0, 0.05) is 17.5 Å². The summed E-state index contributed by atoms with van der Waals surface area (Å²) in [7, 11) is 1.14. The normalized spacial score (nSPS) is 15.8. The van der Waals surface area contributed by atoms with Gasteiger partial charge in [-0.15, -0.1) is 10.2 Å². The van der Waals surface area contributed by atoms with Gasteiger partial charge in [0.1, 0.15) is 6.04 Å². The lowest BCUT2D eigenvalue weighted by molar-refractivity contribution is -0.166. The first-order valence-electron chi connectivity index (χ1n) is 7.32. The van der Waals surface area contributed by atoms with Crippen LogP contribution in [-0.2, 0) is 20.0 Å². The third-order valence-electron chi connectivity index (χ3n) is 3.71. The highest BCUT2D eigenvalue weighted by atomic mass is 19.4. The molecule has 1 aromatic carbocycles. The van der Waals surface area contributed by atoms with E-state index in [1.165, 1.54) is 0 Å². The van der Waals surface area contributed by atoms with Gasteiger partial charge < -0.3 is 15.2 Å². The molecule has 1 aliphatic heterocycles. The first-order chi connectivity index (χ1) is 12.1. The van der Waals surface area contributed by atoms with Crippen molar-refractivity contribution in [3.8, 4) is 0 Å². The molecular formula is C15H14F3N3O5. The standard InChI is InChI=1S/C15H14F3N3O5/c1-26-11(22)7-6-10(13(24)25)19-12(23)8-2-4-9(5-3-8)14(20-21-14)15(16,17)18/h2-5,10H,6-7H2,1H3,(H,19,23)(H,24,25)/t10-/m0/s1. The van der Waals surface area contributed by atoms with Crippen LogP contribution in [-0.4, -0.2) is 42.3 Å². The van der Waals surface area contributed by atoms with Crippen LogP contribution in [0.3, 0.4) is 0 Å². The number of methoxy groups -OCH3 is 1. The van der Waals surface area contributed by atoms with Gasteiger partial charge in [0.2, 0.25) is 0 Å². The van der Waals surface area contributed by atoms with Crippen molar-refractivity contribution in [1.82, 2.24) is 5.32 Å². The van der Waals surface area contributed by atoms with Crippen LogP contribution in [0.15, 0.2) is 34.5 Å². The first kappa shape index (κ1) is 19.3. The summed E-state index contributed by atoms with van der Waals surface area (Å²) in [6.07, 6.45) is -5.09. The summed E-state index contributed by atoms with van der Waals surface area (Å²) < 4.78 is 43.1. The molecule has 2 N–H and O–H groups in total. The molecule has 8 nitrogen and oxygen atoms in total. The van der Waals surface area contributed by atoms with Crippen LogP contribution < -0.4 is 5.32 Å². The number of halogens is 3. The van der Waals surface area contributed by atoms with Crippen LogP contribution in [0.1, 0.15) is 28.8 Å². The Bertz CT molecular complexity index is 740. The van der Waals surface area contributed by atoms with Gasteiger partial charge in [0.25, 0.3) is 5.91 Å². The molecule has 1 atom stereocenters. The maximum absolute atomic E-state index is 12.9. The van der Waals surface area contributed by atoms with E-state index in [9.17, 15) is 27.6 Å². The fraction of sp³-hybridized carbons (Fsp3) is 0.400. The third-order valence-corrected chi connectivity index (χ3v) is 3.71. The van der Waals surface area contributed by atoms with Gasteiger partial charge in [-0.25, -0.2) is 4.79 Å². The molecule has 0 saturated heterocycles. The van der Waals surface area contributed by atoms with Crippen LogP contribution in [0.5, 0.6) is 0 Å². The van der Waals surface area contributed by atoms with E-state index >= 15 is 0 Å². The molecule has 0 unspecified atom stereocenters. The number of carbonyl (C=O) groups excluding carboxylic acids is 2. The zero-order chi connectivity index (χ0) is 19.5. The molecule has 2 rings (SSSR count). The van der Waals surface area contributed by atoms with E-state index in [1.54, 1.807) is 0 Å². The average molecular weight is 373 g/mol. The maximum atomic E-state index is 12.9. The predicted octanol–water partition coefficient (Wildman–Crippen LogP) is 2.00. The molecule has 0 bridgehead atoms. The highest BCUT2D eigenvalue weighted by Gasteiger charge is 2.65. The molecule has 0 radical (unpaired) electrons. The molecule has 0 saturated carbocycles. The number of hydrogen-bond acceptors (Lipinski definition) is 6. The molecule has 1 heterocycles. The second-order valence-electron chi connectivity index (χ2n) is 5.43. The van der Waals surface area contributed by atoms with E-state index in [2.05, 4.69) is 20.3 Å². The topological polar surface area (TPSA) is 117 Å². The number of ether oxygens (including phenoxy) is 1. The van der Waals surface area contributed by atoms with Crippen molar-refractivity contribution in [1.29, 1.82) is 0 Å². The van der Waals surface area contributed by atoms with Crippen LogP contribution >= 0.6 is 0 Å². The van der Waals surface area contributed by atoms with Crippen LogP contribution in [0, 0.1) is 0 Å². The number of carbonyl (C=O) groups is 3. The fourth-order valence-corrected chi connectivity index (χ4v) is 2.16. The van der Waals surface area contributed by atoms with Crippen molar-refractivity contribution in [2.75, 3.05) is 7.11 Å². The Morgan fingerprint density at radius 2 is 1.81 bits per heavy atom. The van der Waals surface area contributed by atoms with Crippen LogP contribution in [0.2, 0.25) is 0 Å². The van der Waals surface area contributed by atoms with Crippen molar-refractivity contribution in [3.63, 3.8) is 0 Å². The monoisotopic (exact) mass is 373 g/mol. The molecule has 0 spiro atoms. The van der Waals surface area contributed by atoms with E-state index in [1.807, 2.05) is 0 Å². The van der Waals surface area contributed by atoms with Crippen molar-refractivity contribution in [2.24, 2.45) is 10.2 Å². The molecule has 26 heavy (non-hydrogen) atoms. The summed E-state index contributed by atoms with van der Waals surface area (Å²) in [6, 6.07) is 2.97. The molecular weight excluding hydrogens is 359 g/mol. The zero-order valence-corrected chi connectivity index (χ0v) is 13.4. The number of alkyl halides is 3. The molecule has 0 aliphatic carbocycles. The summed E-state index contributed by atoms with van der Waals surface area (Å²) in [5, 5.41) is 17.4. The van der Waals surface area contributed by atoms with Crippen LogP contribution in [0.4, 0.5) is 13.2 Å². The second kappa shape index (κ2) is 7.10. The molecule has 140 valence electrons.